The van der Waals surface area contributed by atoms with Gasteiger partial charge in [-0.05, 0) is 17.7 Å². The van der Waals surface area contributed by atoms with Crippen molar-refractivity contribution in [3.63, 3.8) is 0 Å². The van der Waals surface area contributed by atoms with E-state index in [9.17, 15) is 4.79 Å². The molecule has 1 aromatic heterocycles. The molecular formula is C20H20N4O2. The topological polar surface area (TPSA) is 69.9 Å². The molecule has 0 fully saturated rings. The van der Waals surface area contributed by atoms with Gasteiger partial charge in [0.05, 0.1) is 13.7 Å². The van der Waals surface area contributed by atoms with E-state index in [1.807, 2.05) is 61.5 Å². The molecule has 6 heteroatoms. The Hall–Kier alpha value is -3.28. The van der Waals surface area contributed by atoms with Crippen LogP contribution >= 0.6 is 0 Å². The average molecular weight is 348 g/mol. The first kappa shape index (κ1) is 17.5. The van der Waals surface area contributed by atoms with Gasteiger partial charge >= 0.3 is 5.97 Å². The Balaban J connectivity index is 1.88. The average Bonchev–Trinajstić information content (AvgIpc) is 3.15. The van der Waals surface area contributed by atoms with Crippen molar-refractivity contribution in [1.82, 2.24) is 20.2 Å². The maximum absolute atomic E-state index is 12.0. The highest BCUT2D eigenvalue weighted by molar-refractivity contribution is 5.89. The van der Waals surface area contributed by atoms with Gasteiger partial charge in [-0.15, -0.1) is 10.2 Å². The zero-order valence-corrected chi connectivity index (χ0v) is 14.8. The van der Waals surface area contributed by atoms with Crippen LogP contribution < -0.4 is 0 Å². The fourth-order valence-electron chi connectivity index (χ4n) is 2.68. The van der Waals surface area contributed by atoms with Gasteiger partial charge in [0.1, 0.15) is 0 Å². The summed E-state index contributed by atoms with van der Waals surface area (Å²) in [6.45, 7) is 6.28. The minimum absolute atomic E-state index is 0.305. The molecule has 0 amide bonds. The number of methoxy groups -OCH3 is 1. The summed E-state index contributed by atoms with van der Waals surface area (Å²) in [5.74, 6) is -0.211. The number of nitrogens with zero attached hydrogens (tertiary/aromatic N) is 4. The smallest absolute Gasteiger partial charge is 0.333 e. The highest BCUT2D eigenvalue weighted by Gasteiger charge is 2.23. The maximum Gasteiger partial charge on any atom is 0.333 e. The summed E-state index contributed by atoms with van der Waals surface area (Å²) in [5.41, 5.74) is 3.33. The largest absolute Gasteiger partial charge is 0.466 e. The van der Waals surface area contributed by atoms with Gasteiger partial charge in [0.25, 0.3) is 0 Å². The lowest BCUT2D eigenvalue weighted by molar-refractivity contribution is -0.136. The minimum atomic E-state index is -0.445. The van der Waals surface area contributed by atoms with Gasteiger partial charge in [0, 0.05) is 17.1 Å². The Labute approximate surface area is 152 Å². The van der Waals surface area contributed by atoms with Gasteiger partial charge in [0.2, 0.25) is 5.82 Å². The molecule has 0 spiro atoms. The number of carbonyl (C=O) groups is 1. The summed E-state index contributed by atoms with van der Waals surface area (Å²) < 4.78 is 4.85. The van der Waals surface area contributed by atoms with E-state index in [1.54, 1.807) is 0 Å². The Morgan fingerprint density at radius 3 is 2.50 bits per heavy atom. The van der Waals surface area contributed by atoms with Crippen molar-refractivity contribution < 1.29 is 9.53 Å². The van der Waals surface area contributed by atoms with E-state index in [0.717, 1.165) is 16.7 Å². The molecule has 3 aromatic rings. The third-order valence-corrected chi connectivity index (χ3v) is 4.18. The van der Waals surface area contributed by atoms with Gasteiger partial charge in [-0.25, -0.2) is 4.79 Å². The van der Waals surface area contributed by atoms with Crippen molar-refractivity contribution in [2.75, 3.05) is 7.11 Å². The van der Waals surface area contributed by atoms with Crippen LogP contribution in [0.1, 0.15) is 17.0 Å². The van der Waals surface area contributed by atoms with Crippen molar-refractivity contribution in [1.29, 1.82) is 0 Å². The van der Waals surface area contributed by atoms with Gasteiger partial charge in [-0.3, -0.25) is 0 Å². The predicted molar refractivity (Wildman–Crippen MR) is 98.3 cm³/mol. The quantitative estimate of drug-likeness (QED) is 0.505. The molecule has 1 atom stereocenters. The molecule has 0 aliphatic rings. The number of hydrogen-bond acceptors (Lipinski definition) is 5. The monoisotopic (exact) mass is 348 g/mol. The molecule has 0 unspecified atom stereocenters. The van der Waals surface area contributed by atoms with E-state index in [2.05, 4.69) is 22.0 Å². The SMILES string of the molecule is C=C(C(=O)OC)[C@@H](Cn1nnc(-c2ccccc2)n1)c1ccc(C)cc1. The van der Waals surface area contributed by atoms with Crippen LogP contribution in [0.5, 0.6) is 0 Å². The van der Waals surface area contributed by atoms with E-state index < -0.39 is 5.97 Å². The molecule has 0 saturated heterocycles. The van der Waals surface area contributed by atoms with Crippen molar-refractivity contribution in [2.24, 2.45) is 0 Å². The molecular weight excluding hydrogens is 328 g/mol. The van der Waals surface area contributed by atoms with E-state index in [0.29, 0.717) is 17.9 Å². The summed E-state index contributed by atoms with van der Waals surface area (Å²) in [7, 11) is 1.35. The molecule has 26 heavy (non-hydrogen) atoms. The van der Waals surface area contributed by atoms with Crippen molar-refractivity contribution in [2.45, 2.75) is 19.4 Å². The first-order chi connectivity index (χ1) is 12.6. The number of esters is 1. The van der Waals surface area contributed by atoms with Gasteiger partial charge in [0.15, 0.2) is 0 Å². The molecule has 3 rings (SSSR count). The van der Waals surface area contributed by atoms with Gasteiger partial charge in [-0.1, -0.05) is 66.7 Å². The highest BCUT2D eigenvalue weighted by atomic mass is 16.5. The van der Waals surface area contributed by atoms with E-state index in [-0.39, 0.29) is 5.92 Å². The third kappa shape index (κ3) is 3.85. The number of ether oxygens (including phenoxy) is 1. The summed E-state index contributed by atoms with van der Waals surface area (Å²) >= 11 is 0. The molecule has 0 aliphatic carbocycles. The Bertz CT molecular complexity index is 901. The lowest BCUT2D eigenvalue weighted by Gasteiger charge is -2.18. The number of carbonyl (C=O) groups excluding carboxylic acids is 1. The van der Waals surface area contributed by atoms with Gasteiger partial charge < -0.3 is 4.74 Å². The Kier molecular flexibility index (Phi) is 5.22. The molecule has 0 saturated carbocycles. The van der Waals surface area contributed by atoms with E-state index in [1.165, 1.54) is 11.9 Å². The van der Waals surface area contributed by atoms with Crippen LogP contribution in [-0.2, 0) is 16.1 Å². The maximum atomic E-state index is 12.0. The molecule has 6 nitrogen and oxygen atoms in total. The predicted octanol–water partition coefficient (Wildman–Crippen LogP) is 3.16. The molecule has 132 valence electrons. The zero-order chi connectivity index (χ0) is 18.5. The number of hydrogen-bond donors (Lipinski definition) is 0. The number of aryl methyl sites for hydroxylation is 1. The second kappa shape index (κ2) is 7.74. The second-order valence-corrected chi connectivity index (χ2v) is 6.01. The standard InChI is InChI=1S/C20H20N4O2/c1-14-9-11-16(12-10-14)18(15(2)20(25)26-3)13-24-22-19(21-23-24)17-7-5-4-6-8-17/h4-12,18H,2,13H2,1,3H3/t18-/m1/s1. The molecule has 2 aromatic carbocycles. The molecule has 0 aliphatic heterocycles. The van der Waals surface area contributed by atoms with Crippen molar-refractivity contribution in [3.05, 3.63) is 77.9 Å². The van der Waals surface area contributed by atoms with Crippen molar-refractivity contribution >= 4 is 5.97 Å². The van der Waals surface area contributed by atoms with Crippen LogP contribution in [0.15, 0.2) is 66.7 Å². The van der Waals surface area contributed by atoms with Gasteiger partial charge in [-0.2, -0.15) is 4.80 Å². The summed E-state index contributed by atoms with van der Waals surface area (Å²) in [6, 6.07) is 17.6. The molecule has 0 N–H and O–H groups in total. The van der Waals surface area contributed by atoms with Crippen LogP contribution in [0.4, 0.5) is 0 Å². The fraction of sp³-hybridized carbons (Fsp3) is 0.200. The number of benzene rings is 2. The first-order valence-electron chi connectivity index (χ1n) is 8.25. The molecule has 0 radical (unpaired) electrons. The van der Waals surface area contributed by atoms with Crippen LogP contribution in [0.2, 0.25) is 0 Å². The third-order valence-electron chi connectivity index (χ3n) is 4.18. The Morgan fingerprint density at radius 1 is 1.15 bits per heavy atom. The summed E-state index contributed by atoms with van der Waals surface area (Å²) in [6.07, 6.45) is 0. The van der Waals surface area contributed by atoms with Crippen LogP contribution in [0, 0.1) is 6.92 Å². The normalized spacial score (nSPS) is 11.8. The zero-order valence-electron chi connectivity index (χ0n) is 14.8. The summed E-state index contributed by atoms with van der Waals surface area (Å²) in [5, 5.41) is 12.7. The van der Waals surface area contributed by atoms with Crippen LogP contribution in [0.3, 0.4) is 0 Å². The van der Waals surface area contributed by atoms with Crippen molar-refractivity contribution in [3.8, 4) is 11.4 Å². The lowest BCUT2D eigenvalue weighted by atomic mass is 9.91. The van der Waals surface area contributed by atoms with Crippen LogP contribution in [-0.4, -0.2) is 33.3 Å². The summed E-state index contributed by atoms with van der Waals surface area (Å²) in [4.78, 5) is 13.5. The molecule has 0 bridgehead atoms. The minimum Gasteiger partial charge on any atom is -0.466 e. The number of aromatic nitrogens is 4. The molecule has 1 heterocycles. The van der Waals surface area contributed by atoms with E-state index >= 15 is 0 Å². The fourth-order valence-corrected chi connectivity index (χ4v) is 2.68. The first-order valence-corrected chi connectivity index (χ1v) is 8.25. The number of tetrazole rings is 1. The number of rotatable bonds is 6. The second-order valence-electron chi connectivity index (χ2n) is 6.01. The Morgan fingerprint density at radius 2 is 1.85 bits per heavy atom. The highest BCUT2D eigenvalue weighted by Crippen LogP contribution is 2.26. The lowest BCUT2D eigenvalue weighted by Crippen LogP contribution is -2.19. The van der Waals surface area contributed by atoms with Crippen LogP contribution in [0.25, 0.3) is 11.4 Å². The van der Waals surface area contributed by atoms with E-state index in [4.69, 9.17) is 4.74 Å².